The van der Waals surface area contributed by atoms with Gasteiger partial charge < -0.3 is 5.32 Å². The van der Waals surface area contributed by atoms with E-state index in [0.717, 1.165) is 19.6 Å². The molecule has 0 aliphatic carbocycles. The van der Waals surface area contributed by atoms with Gasteiger partial charge in [0.2, 0.25) is 0 Å². The lowest BCUT2D eigenvalue weighted by Crippen LogP contribution is -2.15. The largest absolute Gasteiger partial charge is 0.315 e. The summed E-state index contributed by atoms with van der Waals surface area (Å²) in [5.74, 6) is 0. The van der Waals surface area contributed by atoms with Crippen LogP contribution < -0.4 is 5.32 Å². The molecule has 92 valence electrons. The standard InChI is InChI=1S/C13H18N2S2/c1-14-8-11-5-6-13(17-11)10-15(2)9-12-4-3-7-16-12/h3-7,14H,8-10H2,1-2H3. The van der Waals surface area contributed by atoms with Gasteiger partial charge in [-0.25, -0.2) is 0 Å². The van der Waals surface area contributed by atoms with Crippen LogP contribution in [0.1, 0.15) is 14.6 Å². The van der Waals surface area contributed by atoms with E-state index in [9.17, 15) is 0 Å². The average molecular weight is 266 g/mol. The van der Waals surface area contributed by atoms with E-state index in [4.69, 9.17) is 0 Å². The Kier molecular flexibility index (Phi) is 4.74. The molecule has 0 saturated heterocycles. The minimum absolute atomic E-state index is 0.972. The maximum absolute atomic E-state index is 3.19. The highest BCUT2D eigenvalue weighted by atomic mass is 32.1. The lowest BCUT2D eigenvalue weighted by Gasteiger charge is -2.14. The lowest BCUT2D eigenvalue weighted by molar-refractivity contribution is 0.325. The zero-order chi connectivity index (χ0) is 12.1. The first-order valence-corrected chi connectivity index (χ1v) is 7.40. The summed E-state index contributed by atoms with van der Waals surface area (Å²) in [4.78, 5) is 6.64. The van der Waals surface area contributed by atoms with Gasteiger partial charge in [-0.3, -0.25) is 4.90 Å². The molecule has 2 aromatic heterocycles. The SMILES string of the molecule is CNCc1ccc(CN(C)Cc2cccs2)s1. The van der Waals surface area contributed by atoms with Crippen LogP contribution in [0.2, 0.25) is 0 Å². The Morgan fingerprint density at radius 1 is 1.12 bits per heavy atom. The topological polar surface area (TPSA) is 15.3 Å². The maximum Gasteiger partial charge on any atom is 0.0328 e. The Morgan fingerprint density at radius 3 is 2.59 bits per heavy atom. The van der Waals surface area contributed by atoms with E-state index < -0.39 is 0 Å². The summed E-state index contributed by atoms with van der Waals surface area (Å²) in [6.45, 7) is 3.04. The van der Waals surface area contributed by atoms with Crippen molar-refractivity contribution in [3.63, 3.8) is 0 Å². The fraction of sp³-hybridized carbons (Fsp3) is 0.385. The van der Waals surface area contributed by atoms with Crippen LogP contribution >= 0.6 is 22.7 Å². The maximum atomic E-state index is 3.19. The van der Waals surface area contributed by atoms with Gasteiger partial charge in [0.15, 0.2) is 0 Å². The third-order valence-corrected chi connectivity index (χ3v) is 4.43. The molecular weight excluding hydrogens is 248 g/mol. The Hall–Kier alpha value is -0.680. The minimum atomic E-state index is 0.972. The highest BCUT2D eigenvalue weighted by Gasteiger charge is 2.05. The summed E-state index contributed by atoms with van der Waals surface area (Å²) in [5.41, 5.74) is 0. The fourth-order valence-electron chi connectivity index (χ4n) is 1.77. The predicted octanol–water partition coefficient (Wildman–Crippen LogP) is 3.16. The monoisotopic (exact) mass is 266 g/mol. The molecule has 0 saturated carbocycles. The van der Waals surface area contributed by atoms with Crippen molar-refractivity contribution in [3.8, 4) is 0 Å². The van der Waals surface area contributed by atoms with Crippen LogP contribution in [0.5, 0.6) is 0 Å². The highest BCUT2D eigenvalue weighted by Crippen LogP contribution is 2.19. The molecule has 0 unspecified atom stereocenters. The summed E-state index contributed by atoms with van der Waals surface area (Å²) in [6.07, 6.45) is 0. The summed E-state index contributed by atoms with van der Waals surface area (Å²) in [7, 11) is 4.17. The van der Waals surface area contributed by atoms with Crippen molar-refractivity contribution in [2.24, 2.45) is 0 Å². The van der Waals surface area contributed by atoms with Crippen molar-refractivity contribution in [1.82, 2.24) is 10.2 Å². The molecule has 0 aromatic carbocycles. The van der Waals surface area contributed by atoms with Crippen LogP contribution in [-0.4, -0.2) is 19.0 Å². The summed E-state index contributed by atoms with van der Waals surface area (Å²) in [6, 6.07) is 8.77. The van der Waals surface area contributed by atoms with E-state index in [1.54, 1.807) is 0 Å². The number of nitrogens with zero attached hydrogens (tertiary/aromatic N) is 1. The van der Waals surface area contributed by atoms with Gasteiger partial charge in [0, 0.05) is 34.3 Å². The van der Waals surface area contributed by atoms with Crippen LogP contribution in [0.25, 0.3) is 0 Å². The summed E-state index contributed by atoms with van der Waals surface area (Å²) < 4.78 is 0. The van der Waals surface area contributed by atoms with Crippen molar-refractivity contribution >= 4 is 22.7 Å². The molecule has 0 atom stereocenters. The van der Waals surface area contributed by atoms with Crippen molar-refractivity contribution < 1.29 is 0 Å². The van der Waals surface area contributed by atoms with Gasteiger partial charge in [0.25, 0.3) is 0 Å². The number of hydrogen-bond donors (Lipinski definition) is 1. The number of hydrogen-bond acceptors (Lipinski definition) is 4. The van der Waals surface area contributed by atoms with Crippen LogP contribution in [0.3, 0.4) is 0 Å². The second-order valence-corrected chi connectivity index (χ2v) is 6.44. The third-order valence-electron chi connectivity index (χ3n) is 2.50. The molecule has 0 radical (unpaired) electrons. The zero-order valence-corrected chi connectivity index (χ0v) is 11.9. The minimum Gasteiger partial charge on any atom is -0.315 e. The second-order valence-electron chi connectivity index (χ2n) is 4.15. The number of thiophene rings is 2. The molecule has 0 bridgehead atoms. The Bertz CT molecular complexity index is 434. The van der Waals surface area contributed by atoms with Crippen molar-refractivity contribution in [3.05, 3.63) is 44.3 Å². The van der Waals surface area contributed by atoms with Gasteiger partial charge in [-0.15, -0.1) is 22.7 Å². The molecule has 4 heteroatoms. The fourth-order valence-corrected chi connectivity index (χ4v) is 3.66. The first-order chi connectivity index (χ1) is 8.28. The zero-order valence-electron chi connectivity index (χ0n) is 10.3. The van der Waals surface area contributed by atoms with Crippen LogP contribution in [0.15, 0.2) is 29.6 Å². The lowest BCUT2D eigenvalue weighted by atomic mass is 10.4. The first-order valence-electron chi connectivity index (χ1n) is 5.71. The molecule has 2 aromatic rings. The van der Waals surface area contributed by atoms with Gasteiger partial charge in [0.1, 0.15) is 0 Å². The molecule has 17 heavy (non-hydrogen) atoms. The number of rotatable bonds is 6. The van der Waals surface area contributed by atoms with Crippen LogP contribution in [-0.2, 0) is 19.6 Å². The van der Waals surface area contributed by atoms with Crippen molar-refractivity contribution in [2.45, 2.75) is 19.6 Å². The third kappa shape index (κ3) is 3.92. The quantitative estimate of drug-likeness (QED) is 0.864. The molecule has 2 rings (SSSR count). The molecule has 0 aliphatic heterocycles. The van der Waals surface area contributed by atoms with E-state index >= 15 is 0 Å². The van der Waals surface area contributed by atoms with Gasteiger partial charge in [-0.05, 0) is 37.7 Å². The molecule has 0 aliphatic rings. The van der Waals surface area contributed by atoms with Crippen molar-refractivity contribution in [1.29, 1.82) is 0 Å². The van der Waals surface area contributed by atoms with Crippen LogP contribution in [0, 0.1) is 0 Å². The van der Waals surface area contributed by atoms with Crippen molar-refractivity contribution in [2.75, 3.05) is 14.1 Å². The Morgan fingerprint density at radius 2 is 1.88 bits per heavy atom. The van der Waals surface area contributed by atoms with E-state index in [1.807, 2.05) is 29.7 Å². The molecule has 2 nitrogen and oxygen atoms in total. The molecular formula is C13H18N2S2. The predicted molar refractivity (Wildman–Crippen MR) is 76.6 cm³/mol. The van der Waals surface area contributed by atoms with Gasteiger partial charge in [-0.2, -0.15) is 0 Å². The average Bonchev–Trinajstić information content (AvgIpc) is 2.91. The smallest absolute Gasteiger partial charge is 0.0328 e. The normalized spacial score (nSPS) is 11.2. The van der Waals surface area contributed by atoms with Crippen LogP contribution in [0.4, 0.5) is 0 Å². The molecule has 2 heterocycles. The first kappa shape index (κ1) is 12.8. The molecule has 0 amide bonds. The van der Waals surface area contributed by atoms with E-state index in [0.29, 0.717) is 0 Å². The second kappa shape index (κ2) is 6.31. The Labute approximate surface area is 111 Å². The Balaban J connectivity index is 1.86. The summed E-state index contributed by atoms with van der Waals surface area (Å²) >= 11 is 3.72. The molecule has 0 fully saturated rings. The van der Waals surface area contributed by atoms with Gasteiger partial charge in [0.05, 0.1) is 0 Å². The van der Waals surface area contributed by atoms with Gasteiger partial charge >= 0.3 is 0 Å². The van der Waals surface area contributed by atoms with E-state index in [-0.39, 0.29) is 0 Å². The molecule has 1 N–H and O–H groups in total. The summed E-state index contributed by atoms with van der Waals surface area (Å²) in [5, 5.41) is 5.32. The highest BCUT2D eigenvalue weighted by molar-refractivity contribution is 7.12. The van der Waals surface area contributed by atoms with E-state index in [1.165, 1.54) is 14.6 Å². The number of nitrogens with one attached hydrogen (secondary N) is 1. The molecule has 0 spiro atoms. The van der Waals surface area contributed by atoms with Gasteiger partial charge in [-0.1, -0.05) is 6.07 Å². The van der Waals surface area contributed by atoms with E-state index in [2.05, 4.69) is 46.9 Å².